The summed E-state index contributed by atoms with van der Waals surface area (Å²) in [6.07, 6.45) is 1.50. The lowest BCUT2D eigenvalue weighted by atomic mass is 9.72. The van der Waals surface area contributed by atoms with Crippen molar-refractivity contribution in [1.82, 2.24) is 25.6 Å². The summed E-state index contributed by atoms with van der Waals surface area (Å²) in [5.41, 5.74) is 5.85. The van der Waals surface area contributed by atoms with Crippen LogP contribution in [0, 0.1) is 0 Å². The zero-order valence-corrected chi connectivity index (χ0v) is 15.2. The number of nitrogens with one attached hydrogen (secondary N) is 2. The molecule has 2 aromatic rings. The number of nitrogens with two attached hydrogens (primary N) is 1. The number of hydrogen-bond donors (Lipinski definition) is 5. The van der Waals surface area contributed by atoms with Gasteiger partial charge in [-0.05, 0) is 18.1 Å². The van der Waals surface area contributed by atoms with Crippen molar-refractivity contribution in [2.24, 2.45) is 5.73 Å². The van der Waals surface area contributed by atoms with Crippen LogP contribution in [0.3, 0.4) is 0 Å². The van der Waals surface area contributed by atoms with Crippen LogP contribution in [-0.4, -0.2) is 69.1 Å². The Hall–Kier alpha value is -3.45. The SMILES string of the molecule is NCCNC(=O)c1cn(CC(=O)NC2Cc3cccc(C(=O)O)c3OB2O)nn1. The Morgan fingerprint density at radius 3 is 2.90 bits per heavy atom. The summed E-state index contributed by atoms with van der Waals surface area (Å²) in [6.45, 7) is 0.338. The molecule has 1 atom stereocenters. The lowest BCUT2D eigenvalue weighted by Gasteiger charge is -2.28. The molecule has 1 aromatic carbocycles. The first-order chi connectivity index (χ1) is 13.9. The van der Waals surface area contributed by atoms with E-state index in [0.717, 1.165) is 0 Å². The Morgan fingerprint density at radius 1 is 1.38 bits per heavy atom. The van der Waals surface area contributed by atoms with Crippen LogP contribution >= 0.6 is 0 Å². The van der Waals surface area contributed by atoms with Gasteiger partial charge in [0.25, 0.3) is 5.91 Å². The largest absolute Gasteiger partial charge is 0.547 e. The quantitative estimate of drug-likeness (QED) is 0.321. The van der Waals surface area contributed by atoms with Crippen LogP contribution in [0.4, 0.5) is 0 Å². The number of carbonyl (C=O) groups is 3. The molecule has 13 heteroatoms. The van der Waals surface area contributed by atoms with Gasteiger partial charge in [0.2, 0.25) is 5.91 Å². The van der Waals surface area contributed by atoms with E-state index in [0.29, 0.717) is 5.56 Å². The second-order valence-electron chi connectivity index (χ2n) is 6.33. The van der Waals surface area contributed by atoms with Crippen molar-refractivity contribution >= 4 is 24.9 Å². The number of carboxylic acids is 1. The lowest BCUT2D eigenvalue weighted by molar-refractivity contribution is -0.122. The third-order valence-electron chi connectivity index (χ3n) is 4.20. The van der Waals surface area contributed by atoms with Gasteiger partial charge in [-0.15, -0.1) is 5.10 Å². The van der Waals surface area contributed by atoms with Gasteiger partial charge in [0.05, 0.1) is 17.7 Å². The zero-order chi connectivity index (χ0) is 21.0. The predicted octanol–water partition coefficient (Wildman–Crippen LogP) is -2.20. The van der Waals surface area contributed by atoms with Crippen LogP contribution < -0.4 is 21.0 Å². The maximum Gasteiger partial charge on any atom is 0.547 e. The molecule has 2 heterocycles. The average molecular weight is 402 g/mol. The van der Waals surface area contributed by atoms with E-state index in [2.05, 4.69) is 20.9 Å². The Morgan fingerprint density at radius 2 is 2.17 bits per heavy atom. The van der Waals surface area contributed by atoms with Gasteiger partial charge in [0.1, 0.15) is 12.3 Å². The molecule has 0 fully saturated rings. The van der Waals surface area contributed by atoms with Crippen LogP contribution in [0.5, 0.6) is 5.75 Å². The number of carbonyl (C=O) groups excluding carboxylic acids is 2. The number of amides is 2. The molecule has 6 N–H and O–H groups in total. The minimum atomic E-state index is -1.42. The molecule has 1 aliphatic heterocycles. The van der Waals surface area contributed by atoms with Crippen molar-refractivity contribution in [2.45, 2.75) is 18.9 Å². The highest BCUT2D eigenvalue weighted by molar-refractivity contribution is 6.47. The minimum Gasteiger partial charge on any atom is -0.534 e. The first kappa shape index (κ1) is 20.3. The molecular formula is C16H19BN6O6. The van der Waals surface area contributed by atoms with Gasteiger partial charge < -0.3 is 31.2 Å². The molecule has 0 saturated carbocycles. The number of aromatic nitrogens is 3. The van der Waals surface area contributed by atoms with E-state index in [-0.39, 0.29) is 43.1 Å². The van der Waals surface area contributed by atoms with E-state index >= 15 is 0 Å². The topological polar surface area (TPSA) is 182 Å². The second-order valence-corrected chi connectivity index (χ2v) is 6.33. The molecule has 1 aliphatic rings. The number of fused-ring (bicyclic) bond motifs is 1. The van der Waals surface area contributed by atoms with Crippen LogP contribution in [0.25, 0.3) is 0 Å². The molecule has 0 spiro atoms. The molecule has 29 heavy (non-hydrogen) atoms. The lowest BCUT2D eigenvalue weighted by Crippen LogP contribution is -2.53. The smallest absolute Gasteiger partial charge is 0.534 e. The molecule has 0 radical (unpaired) electrons. The van der Waals surface area contributed by atoms with Crippen molar-refractivity contribution in [1.29, 1.82) is 0 Å². The van der Waals surface area contributed by atoms with Crippen molar-refractivity contribution in [3.63, 3.8) is 0 Å². The number of nitrogens with zero attached hydrogens (tertiary/aromatic N) is 3. The maximum absolute atomic E-state index is 12.3. The third kappa shape index (κ3) is 4.70. The molecular weight excluding hydrogens is 383 g/mol. The van der Waals surface area contributed by atoms with Gasteiger partial charge >= 0.3 is 13.1 Å². The van der Waals surface area contributed by atoms with E-state index in [1.807, 2.05) is 0 Å². The molecule has 0 bridgehead atoms. The minimum absolute atomic E-state index is 0.0439. The van der Waals surface area contributed by atoms with E-state index in [1.165, 1.54) is 16.9 Å². The van der Waals surface area contributed by atoms with Gasteiger partial charge in [-0.2, -0.15) is 0 Å². The van der Waals surface area contributed by atoms with Crippen molar-refractivity contribution in [3.05, 3.63) is 41.2 Å². The van der Waals surface area contributed by atoms with Gasteiger partial charge in [0.15, 0.2) is 5.69 Å². The van der Waals surface area contributed by atoms with Crippen molar-refractivity contribution in [2.75, 3.05) is 13.1 Å². The van der Waals surface area contributed by atoms with E-state index in [9.17, 15) is 24.5 Å². The second kappa shape index (κ2) is 8.71. The molecule has 3 rings (SSSR count). The molecule has 0 saturated heterocycles. The third-order valence-corrected chi connectivity index (χ3v) is 4.20. The Bertz CT molecular complexity index is 934. The fourth-order valence-corrected chi connectivity index (χ4v) is 2.87. The number of aromatic carboxylic acids is 1. The Labute approximate surface area is 165 Å². The standard InChI is InChI=1S/C16H19BN6O6/c18-4-5-19-15(25)11-7-23(22-21-11)8-13(24)20-12-6-9-2-1-3-10(16(26)27)14(9)29-17(12)28/h1-3,7,12,28H,4-6,8,18H2,(H,19,25)(H,20,24)(H,26,27). The fraction of sp³-hybridized carbons (Fsp3) is 0.312. The Kier molecular flexibility index (Phi) is 6.09. The van der Waals surface area contributed by atoms with Gasteiger partial charge in [-0.3, -0.25) is 9.59 Å². The predicted molar refractivity (Wildman–Crippen MR) is 99.0 cm³/mol. The van der Waals surface area contributed by atoms with Crippen molar-refractivity contribution < 1.29 is 29.2 Å². The molecule has 2 amide bonds. The molecule has 1 unspecified atom stereocenters. The zero-order valence-electron chi connectivity index (χ0n) is 15.2. The number of benzene rings is 1. The summed E-state index contributed by atoms with van der Waals surface area (Å²) < 4.78 is 6.50. The molecule has 0 aliphatic carbocycles. The average Bonchev–Trinajstić information content (AvgIpc) is 3.14. The summed E-state index contributed by atoms with van der Waals surface area (Å²) in [6, 6.07) is 4.60. The summed E-state index contributed by atoms with van der Waals surface area (Å²) in [5.74, 6) is -2.82. The Balaban J connectivity index is 1.62. The van der Waals surface area contributed by atoms with E-state index in [1.54, 1.807) is 12.1 Å². The number of para-hydroxylation sites is 1. The number of hydrogen-bond acceptors (Lipinski definition) is 8. The normalized spacial score (nSPS) is 15.2. The van der Waals surface area contributed by atoms with E-state index < -0.39 is 30.8 Å². The highest BCUT2D eigenvalue weighted by Crippen LogP contribution is 2.30. The number of rotatable bonds is 7. The summed E-state index contributed by atoms with van der Waals surface area (Å²) in [4.78, 5) is 35.3. The van der Waals surface area contributed by atoms with Crippen LogP contribution in [-0.2, 0) is 17.8 Å². The first-order valence-electron chi connectivity index (χ1n) is 8.76. The molecule has 152 valence electrons. The van der Waals surface area contributed by atoms with Crippen LogP contribution in [0.2, 0.25) is 0 Å². The number of carboxylic acid groups (broad SMARTS) is 1. The van der Waals surface area contributed by atoms with E-state index in [4.69, 9.17) is 10.4 Å². The monoisotopic (exact) mass is 402 g/mol. The highest BCUT2D eigenvalue weighted by Gasteiger charge is 2.37. The van der Waals surface area contributed by atoms with Crippen LogP contribution in [0.1, 0.15) is 26.4 Å². The van der Waals surface area contributed by atoms with Gasteiger partial charge in [-0.1, -0.05) is 17.3 Å². The molecule has 1 aromatic heterocycles. The summed E-state index contributed by atoms with van der Waals surface area (Å²) >= 11 is 0. The fourth-order valence-electron chi connectivity index (χ4n) is 2.87. The molecule has 12 nitrogen and oxygen atoms in total. The van der Waals surface area contributed by atoms with Gasteiger partial charge in [-0.25, -0.2) is 9.48 Å². The maximum atomic E-state index is 12.3. The van der Waals surface area contributed by atoms with Crippen molar-refractivity contribution in [3.8, 4) is 5.75 Å². The first-order valence-corrected chi connectivity index (χ1v) is 8.76. The summed E-state index contributed by atoms with van der Waals surface area (Å²) in [5, 5.41) is 31.9. The van der Waals surface area contributed by atoms with Crippen LogP contribution in [0.15, 0.2) is 24.4 Å². The summed E-state index contributed by atoms with van der Waals surface area (Å²) in [7, 11) is -1.42. The van der Waals surface area contributed by atoms with Gasteiger partial charge in [0, 0.05) is 13.1 Å². The highest BCUT2D eigenvalue weighted by atomic mass is 16.5.